The van der Waals surface area contributed by atoms with Gasteiger partial charge >= 0.3 is 0 Å². The van der Waals surface area contributed by atoms with Crippen LogP contribution in [0.2, 0.25) is 0 Å². The lowest BCUT2D eigenvalue weighted by Gasteiger charge is -2.29. The number of hydrogen-bond donors (Lipinski definition) is 2. The molecule has 2 aliphatic heterocycles. The highest BCUT2D eigenvalue weighted by molar-refractivity contribution is 5.93. The molecule has 1 aromatic carbocycles. The second kappa shape index (κ2) is 9.94. The number of nitrogens with one attached hydrogen (secondary N) is 1. The average Bonchev–Trinajstić information content (AvgIpc) is 3.08. The van der Waals surface area contributed by atoms with Gasteiger partial charge in [-0.1, -0.05) is 25.0 Å². The zero-order valence-electron chi connectivity index (χ0n) is 17.6. The van der Waals surface area contributed by atoms with E-state index in [1.807, 2.05) is 12.1 Å². The Morgan fingerprint density at radius 3 is 2.40 bits per heavy atom. The maximum atomic E-state index is 12.7. The number of benzene rings is 1. The molecule has 6 heteroatoms. The summed E-state index contributed by atoms with van der Waals surface area (Å²) in [5, 5.41) is 13.0. The van der Waals surface area contributed by atoms with Crippen molar-refractivity contribution in [3.05, 3.63) is 53.9 Å². The van der Waals surface area contributed by atoms with Gasteiger partial charge in [0.15, 0.2) is 0 Å². The molecule has 0 bridgehead atoms. The summed E-state index contributed by atoms with van der Waals surface area (Å²) < 4.78 is 0. The van der Waals surface area contributed by atoms with Crippen LogP contribution in [0.25, 0.3) is 0 Å². The molecule has 0 radical (unpaired) electrons. The van der Waals surface area contributed by atoms with Crippen LogP contribution in [0, 0.1) is 0 Å². The third-order valence-electron chi connectivity index (χ3n) is 6.13. The van der Waals surface area contributed by atoms with Crippen LogP contribution in [0.4, 0.5) is 11.4 Å². The summed E-state index contributed by atoms with van der Waals surface area (Å²) in [5.41, 5.74) is 3.86. The molecule has 4 rings (SSSR count). The number of hydrogen-bond acceptors (Lipinski definition) is 5. The Balaban J connectivity index is 1.33. The molecule has 0 atom stereocenters. The normalized spacial score (nSPS) is 18.2. The lowest BCUT2D eigenvalue weighted by atomic mass is 10.1. The number of piperidine rings is 1. The van der Waals surface area contributed by atoms with Gasteiger partial charge < -0.3 is 20.2 Å². The van der Waals surface area contributed by atoms with Gasteiger partial charge in [0.1, 0.15) is 5.69 Å². The molecule has 2 aliphatic rings. The fourth-order valence-electron chi connectivity index (χ4n) is 4.25. The second-order valence-corrected chi connectivity index (χ2v) is 8.37. The number of anilines is 2. The second-order valence-electron chi connectivity index (χ2n) is 8.37. The average molecular weight is 409 g/mol. The molecule has 1 aromatic heterocycles. The van der Waals surface area contributed by atoms with Gasteiger partial charge in [0.2, 0.25) is 0 Å². The first-order valence-electron chi connectivity index (χ1n) is 11.2. The number of nitrogens with zero attached hydrogens (tertiary/aromatic N) is 3. The summed E-state index contributed by atoms with van der Waals surface area (Å²) in [6.45, 7) is 4.18. The summed E-state index contributed by atoms with van der Waals surface area (Å²) in [5.74, 6) is -0.0626. The Labute approximate surface area is 178 Å². The minimum atomic E-state index is -0.291. The van der Waals surface area contributed by atoms with Crippen LogP contribution >= 0.6 is 0 Å². The monoisotopic (exact) mass is 408 g/mol. The predicted octanol–water partition coefficient (Wildman–Crippen LogP) is 3.67. The van der Waals surface area contributed by atoms with Crippen LogP contribution in [0.5, 0.6) is 0 Å². The molecule has 2 saturated heterocycles. The summed E-state index contributed by atoms with van der Waals surface area (Å²) in [7, 11) is 0. The molecule has 6 nitrogen and oxygen atoms in total. The third kappa shape index (κ3) is 5.30. The quantitative estimate of drug-likeness (QED) is 0.790. The molecule has 0 aliphatic carbocycles. The Morgan fingerprint density at radius 2 is 1.70 bits per heavy atom. The van der Waals surface area contributed by atoms with E-state index in [1.165, 1.54) is 36.9 Å². The highest BCUT2D eigenvalue weighted by Crippen LogP contribution is 2.21. The standard InChI is InChI=1S/C24H32N4O2/c29-22-10-15-28(16-11-22)24(30)23-17-20(9-12-25-23)26-18-19-5-7-21(8-6-19)27-13-3-1-2-4-14-27/h5-9,12,17,22,29H,1-4,10-11,13-16,18H2,(H,25,26). The first-order valence-corrected chi connectivity index (χ1v) is 11.2. The van der Waals surface area contributed by atoms with Gasteiger partial charge in [-0.15, -0.1) is 0 Å². The van der Waals surface area contributed by atoms with Gasteiger partial charge in [0.25, 0.3) is 5.91 Å². The largest absolute Gasteiger partial charge is 0.393 e. The zero-order valence-corrected chi connectivity index (χ0v) is 17.6. The van der Waals surface area contributed by atoms with Crippen LogP contribution in [-0.4, -0.2) is 53.2 Å². The first-order chi connectivity index (χ1) is 14.7. The number of likely N-dealkylation sites (tertiary alicyclic amines) is 1. The number of rotatable bonds is 5. The van der Waals surface area contributed by atoms with Gasteiger partial charge in [-0.05, 0) is 55.5 Å². The number of aromatic nitrogens is 1. The molecule has 0 unspecified atom stereocenters. The van der Waals surface area contributed by atoms with Crippen LogP contribution in [0.15, 0.2) is 42.6 Å². The number of amides is 1. The Bertz CT molecular complexity index is 823. The molecule has 2 N–H and O–H groups in total. The minimum absolute atomic E-state index is 0.0626. The van der Waals surface area contributed by atoms with Gasteiger partial charge in [-0.25, -0.2) is 0 Å². The molecule has 0 saturated carbocycles. The summed E-state index contributed by atoms with van der Waals surface area (Å²) in [6, 6.07) is 12.5. The van der Waals surface area contributed by atoms with Crippen molar-refractivity contribution in [3.8, 4) is 0 Å². The lowest BCUT2D eigenvalue weighted by Crippen LogP contribution is -2.40. The van der Waals surface area contributed by atoms with Crippen LogP contribution in [0.1, 0.15) is 54.6 Å². The fraction of sp³-hybridized carbons (Fsp3) is 0.500. The fourth-order valence-corrected chi connectivity index (χ4v) is 4.25. The van der Waals surface area contributed by atoms with Crippen molar-refractivity contribution in [2.45, 2.75) is 51.2 Å². The number of aliphatic hydroxyl groups is 1. The SMILES string of the molecule is O=C(c1cc(NCc2ccc(N3CCCCCC3)cc2)ccn1)N1CCC(O)CC1. The van der Waals surface area contributed by atoms with E-state index in [0.717, 1.165) is 18.8 Å². The molecule has 0 spiro atoms. The van der Waals surface area contributed by atoms with Crippen LogP contribution in [-0.2, 0) is 6.54 Å². The zero-order chi connectivity index (χ0) is 20.8. The van der Waals surface area contributed by atoms with Crippen molar-refractivity contribution in [2.24, 2.45) is 0 Å². The minimum Gasteiger partial charge on any atom is -0.393 e. The molecule has 160 valence electrons. The predicted molar refractivity (Wildman–Crippen MR) is 120 cm³/mol. The van der Waals surface area contributed by atoms with Crippen molar-refractivity contribution < 1.29 is 9.90 Å². The molecular weight excluding hydrogens is 376 g/mol. The number of carbonyl (C=O) groups is 1. The van der Waals surface area contributed by atoms with Crippen molar-refractivity contribution in [3.63, 3.8) is 0 Å². The summed E-state index contributed by atoms with van der Waals surface area (Å²) in [6.07, 6.45) is 7.91. The van der Waals surface area contributed by atoms with Crippen molar-refractivity contribution >= 4 is 17.3 Å². The Kier molecular flexibility index (Phi) is 6.84. The Hall–Kier alpha value is -2.60. The molecule has 1 amide bonds. The molecular formula is C24H32N4O2. The maximum absolute atomic E-state index is 12.7. The van der Waals surface area contributed by atoms with Gasteiger partial charge in [-0.3, -0.25) is 9.78 Å². The van der Waals surface area contributed by atoms with E-state index in [-0.39, 0.29) is 12.0 Å². The van der Waals surface area contributed by atoms with Crippen molar-refractivity contribution in [1.29, 1.82) is 0 Å². The number of carbonyl (C=O) groups excluding carboxylic acids is 1. The van der Waals surface area contributed by atoms with E-state index in [0.29, 0.717) is 38.2 Å². The highest BCUT2D eigenvalue weighted by atomic mass is 16.3. The van der Waals surface area contributed by atoms with E-state index in [9.17, 15) is 9.90 Å². The number of pyridine rings is 1. The molecule has 3 heterocycles. The van der Waals surface area contributed by atoms with Gasteiger partial charge in [0.05, 0.1) is 6.10 Å². The van der Waals surface area contributed by atoms with Crippen molar-refractivity contribution in [2.75, 3.05) is 36.4 Å². The van der Waals surface area contributed by atoms with Crippen LogP contribution in [0.3, 0.4) is 0 Å². The highest BCUT2D eigenvalue weighted by Gasteiger charge is 2.23. The van der Waals surface area contributed by atoms with E-state index >= 15 is 0 Å². The van der Waals surface area contributed by atoms with Gasteiger partial charge in [-0.2, -0.15) is 0 Å². The van der Waals surface area contributed by atoms with E-state index in [4.69, 9.17) is 0 Å². The summed E-state index contributed by atoms with van der Waals surface area (Å²) in [4.78, 5) is 21.2. The van der Waals surface area contributed by atoms with E-state index < -0.39 is 0 Å². The summed E-state index contributed by atoms with van der Waals surface area (Å²) >= 11 is 0. The smallest absolute Gasteiger partial charge is 0.272 e. The Morgan fingerprint density at radius 1 is 1.00 bits per heavy atom. The van der Waals surface area contributed by atoms with E-state index in [1.54, 1.807) is 11.1 Å². The van der Waals surface area contributed by atoms with E-state index in [2.05, 4.69) is 39.5 Å². The van der Waals surface area contributed by atoms with Gasteiger partial charge in [0, 0.05) is 50.3 Å². The maximum Gasteiger partial charge on any atom is 0.272 e. The molecule has 2 aromatic rings. The number of aliphatic hydroxyl groups excluding tert-OH is 1. The first kappa shape index (κ1) is 20.7. The molecule has 2 fully saturated rings. The lowest BCUT2D eigenvalue weighted by molar-refractivity contribution is 0.0541. The molecule has 30 heavy (non-hydrogen) atoms. The van der Waals surface area contributed by atoms with Crippen molar-refractivity contribution in [1.82, 2.24) is 9.88 Å². The topological polar surface area (TPSA) is 68.7 Å². The third-order valence-corrected chi connectivity index (χ3v) is 6.13. The van der Waals surface area contributed by atoms with Crippen LogP contribution < -0.4 is 10.2 Å².